The third-order valence-corrected chi connectivity index (χ3v) is 21.3. The average Bonchev–Trinajstić information content (AvgIpc) is 1.77. The molecule has 0 atom stereocenters. The summed E-state index contributed by atoms with van der Waals surface area (Å²) in [5.41, 5.74) is 23.6. The minimum absolute atomic E-state index is 0.0868. The van der Waals surface area contributed by atoms with Crippen LogP contribution < -0.4 is 0 Å². The maximum absolute atomic E-state index is 4.73. The van der Waals surface area contributed by atoms with Crippen molar-refractivity contribution >= 4 is 0 Å². The summed E-state index contributed by atoms with van der Waals surface area (Å²) in [7, 11) is 0. The Kier molecular flexibility index (Phi) is 34.3. The van der Waals surface area contributed by atoms with Crippen LogP contribution in [-0.4, -0.2) is 63.5 Å². The smallest absolute Gasteiger partial charge is 0.0681 e. The number of fused-ring (bicyclic) bond motifs is 2. The van der Waals surface area contributed by atoms with Gasteiger partial charge in [0.25, 0.3) is 0 Å². The van der Waals surface area contributed by atoms with Crippen molar-refractivity contribution < 1.29 is 0 Å². The van der Waals surface area contributed by atoms with E-state index in [1.807, 2.05) is 23.3 Å². The van der Waals surface area contributed by atoms with Crippen LogP contribution in [0.25, 0.3) is 0 Å². The highest BCUT2D eigenvalue weighted by atomic mass is 15.4. The molecule has 4 aromatic carbocycles. The largest absolute Gasteiger partial charge is 0.294 e. The third kappa shape index (κ3) is 34.2. The first-order valence-corrected chi connectivity index (χ1v) is 43.0. The fourth-order valence-corrected chi connectivity index (χ4v) is 12.3. The molecular weight excluding hydrogens is 1390 g/mol. The molecule has 114 heavy (non-hydrogen) atoms. The fourth-order valence-electron chi connectivity index (χ4n) is 12.3. The van der Waals surface area contributed by atoms with E-state index >= 15 is 0 Å². The van der Waals surface area contributed by atoms with Gasteiger partial charge in [-0.25, -0.2) is 0 Å². The van der Waals surface area contributed by atoms with Gasteiger partial charge in [-0.2, -0.15) is 10.2 Å². The standard InChI is InChI=1S/C17H27N.C14H25N3.2C14H22.2C13H21N.C11H20N2.C10H14/c1-16(2,3)15-8-7-14-12-18(17(4,5)6)10-9-13(14)11-15;1-13(2,3)12-9-11-10-16(14(4,5)6)7-8-17(11)15-12;1-13(2,3)11-7-9-12(10-8-11)14(4,5)6;1-13(2,3)11-8-7-9-12(10-11)14(4,5)6;2*1-12(2,3)10-7-8-11(14-9-10)13(4,5)6;1-10(2,3)9-7-12-13(8-9)11(4,5)6;1-10(2,3)9-7-5-4-6-8-9/h7-8,11H,9-10,12H2,1-6H3;9H,7-8,10H2,1-6H3;2*7-10H,1-6H3;2*7-9H,1-6H3;7-8H,1-6H3;4-8H,1-3H3. The molecule has 2 aliphatic heterocycles. The van der Waals surface area contributed by atoms with Crippen molar-refractivity contribution in [3.05, 3.63) is 236 Å². The van der Waals surface area contributed by atoms with E-state index in [0.29, 0.717) is 5.41 Å². The Morgan fingerprint density at radius 3 is 0.886 bits per heavy atom. The maximum atomic E-state index is 4.73. The molecule has 10 rings (SSSR count). The summed E-state index contributed by atoms with van der Waals surface area (Å²) in [6.45, 7) is 106. The van der Waals surface area contributed by atoms with Crippen molar-refractivity contribution in [3.63, 3.8) is 0 Å². The van der Waals surface area contributed by atoms with Crippen molar-refractivity contribution in [3.8, 4) is 0 Å². The molecule has 2 aliphatic rings. The highest BCUT2D eigenvalue weighted by molar-refractivity contribution is 5.38. The molecule has 0 spiro atoms. The first kappa shape index (κ1) is 102. The van der Waals surface area contributed by atoms with Gasteiger partial charge in [0, 0.05) is 83.5 Å². The first-order valence-electron chi connectivity index (χ1n) is 43.0. The van der Waals surface area contributed by atoms with Crippen LogP contribution in [-0.2, 0) is 96.6 Å². The van der Waals surface area contributed by atoms with E-state index in [2.05, 4.69) is 475 Å². The highest BCUT2D eigenvalue weighted by Crippen LogP contribution is 2.35. The van der Waals surface area contributed by atoms with Gasteiger partial charge in [-0.05, 0) is 197 Å². The fraction of sp³-hybridized carbons (Fsp3) is 0.623. The Morgan fingerprint density at radius 1 is 0.246 bits per heavy atom. The monoisotopic (exact) mass is 1560 g/mol. The van der Waals surface area contributed by atoms with Crippen LogP contribution in [0, 0.1) is 0 Å². The second kappa shape index (κ2) is 38.5. The van der Waals surface area contributed by atoms with Crippen LogP contribution >= 0.6 is 0 Å². The number of aromatic nitrogens is 6. The summed E-state index contributed by atoms with van der Waals surface area (Å²) < 4.78 is 4.20. The van der Waals surface area contributed by atoms with E-state index in [9.17, 15) is 0 Å². The van der Waals surface area contributed by atoms with E-state index < -0.39 is 0 Å². The van der Waals surface area contributed by atoms with Gasteiger partial charge in [-0.1, -0.05) is 358 Å². The summed E-state index contributed by atoms with van der Waals surface area (Å²) in [4.78, 5) is 14.1. The number of hydrogen-bond acceptors (Lipinski definition) is 6. The molecule has 0 fully saturated rings. The summed E-state index contributed by atoms with van der Waals surface area (Å²) in [6.07, 6.45) is 9.29. The van der Waals surface area contributed by atoms with Crippen LogP contribution in [0.15, 0.2) is 152 Å². The van der Waals surface area contributed by atoms with E-state index in [0.717, 1.165) is 37.6 Å². The molecule has 0 saturated carbocycles. The molecule has 0 bridgehead atoms. The highest BCUT2D eigenvalue weighted by Gasteiger charge is 2.31. The van der Waals surface area contributed by atoms with Crippen LogP contribution in [0.2, 0.25) is 0 Å². The van der Waals surface area contributed by atoms with Gasteiger partial charge in [0.15, 0.2) is 0 Å². The van der Waals surface area contributed by atoms with Crippen LogP contribution in [0.1, 0.15) is 396 Å². The summed E-state index contributed by atoms with van der Waals surface area (Å²) in [5, 5.41) is 9.10. The quantitative estimate of drug-likeness (QED) is 0.151. The lowest BCUT2D eigenvalue weighted by Crippen LogP contribution is -2.45. The van der Waals surface area contributed by atoms with Gasteiger partial charge in [0.05, 0.1) is 29.7 Å². The molecule has 4 aromatic heterocycles. The molecule has 0 radical (unpaired) electrons. The average molecular weight is 1560 g/mol. The van der Waals surface area contributed by atoms with E-state index in [4.69, 9.17) is 5.10 Å². The molecule has 0 N–H and O–H groups in total. The van der Waals surface area contributed by atoms with Gasteiger partial charge in [-0.3, -0.25) is 29.1 Å². The number of rotatable bonds is 0. The van der Waals surface area contributed by atoms with E-state index in [1.165, 1.54) is 80.0 Å². The van der Waals surface area contributed by atoms with E-state index in [-0.39, 0.29) is 76.2 Å². The molecular formula is C106H172N8. The van der Waals surface area contributed by atoms with Crippen molar-refractivity contribution in [2.45, 2.75) is 419 Å². The first-order chi connectivity index (χ1) is 51.0. The zero-order chi connectivity index (χ0) is 88.2. The van der Waals surface area contributed by atoms with Crippen LogP contribution in [0.5, 0.6) is 0 Å². The van der Waals surface area contributed by atoms with Crippen molar-refractivity contribution in [1.29, 1.82) is 0 Å². The lowest BCUT2D eigenvalue weighted by Gasteiger charge is -2.39. The molecule has 0 unspecified atom stereocenters. The van der Waals surface area contributed by atoms with Gasteiger partial charge in [0.1, 0.15) is 0 Å². The molecule has 0 saturated heterocycles. The van der Waals surface area contributed by atoms with Crippen LogP contribution in [0.3, 0.4) is 0 Å². The van der Waals surface area contributed by atoms with E-state index in [1.54, 1.807) is 5.56 Å². The second-order valence-corrected chi connectivity index (χ2v) is 47.9. The molecule has 8 heteroatoms. The molecule has 8 aromatic rings. The third-order valence-electron chi connectivity index (χ3n) is 21.3. The SMILES string of the molecule is CC(C)(C)c1cc2n(n1)CCN(C(C)(C)C)C2.CC(C)(C)c1ccc(C(C)(C)C)cc1.CC(C)(C)c1ccc(C(C)(C)C)nc1.CC(C)(C)c1ccc(C(C)(C)C)nc1.CC(C)(C)c1ccc2c(c1)CCN(C(C)(C)C)C2.CC(C)(C)c1cccc(C(C)(C)C)c1.CC(C)(C)c1ccccc1.CC(C)(C)c1cnn(C(C)(C)C)c1. The topological polar surface area (TPSA) is 67.9 Å². The normalized spacial score (nSPS) is 14.4. The summed E-state index contributed by atoms with van der Waals surface area (Å²) in [5.74, 6) is 0. The van der Waals surface area contributed by atoms with Gasteiger partial charge < -0.3 is 0 Å². The van der Waals surface area contributed by atoms with Gasteiger partial charge in [-0.15, -0.1) is 0 Å². The Morgan fingerprint density at radius 2 is 0.579 bits per heavy atom. The second-order valence-electron chi connectivity index (χ2n) is 47.9. The zero-order valence-electron chi connectivity index (χ0n) is 82.3. The number of pyridine rings is 2. The van der Waals surface area contributed by atoms with Gasteiger partial charge in [0.2, 0.25) is 0 Å². The van der Waals surface area contributed by atoms with Crippen LogP contribution in [0.4, 0.5) is 0 Å². The predicted molar refractivity (Wildman–Crippen MR) is 502 cm³/mol. The predicted octanol–water partition coefficient (Wildman–Crippen LogP) is 28.8. The Balaban J connectivity index is 0.000000339. The van der Waals surface area contributed by atoms with Crippen molar-refractivity contribution in [2.75, 3.05) is 13.1 Å². The summed E-state index contributed by atoms with van der Waals surface area (Å²) >= 11 is 0. The minimum atomic E-state index is 0.0868. The van der Waals surface area contributed by atoms with Crippen molar-refractivity contribution in [1.82, 2.24) is 39.3 Å². The molecule has 8 nitrogen and oxygen atoms in total. The Labute approximate surface area is 703 Å². The Hall–Kier alpha value is -6.48. The lowest BCUT2D eigenvalue weighted by molar-refractivity contribution is 0.0989. The van der Waals surface area contributed by atoms with Crippen molar-refractivity contribution in [2.24, 2.45) is 0 Å². The van der Waals surface area contributed by atoms with Gasteiger partial charge >= 0.3 is 0 Å². The summed E-state index contributed by atoms with van der Waals surface area (Å²) in [6, 6.07) is 46.5. The molecule has 0 aliphatic carbocycles. The number of nitrogens with zero attached hydrogens (tertiary/aromatic N) is 8. The minimum Gasteiger partial charge on any atom is -0.294 e. The lowest BCUT2D eigenvalue weighted by atomic mass is 9.81. The number of benzene rings is 4. The molecule has 636 valence electrons. The number of hydrogen-bond donors (Lipinski definition) is 0. The zero-order valence-corrected chi connectivity index (χ0v) is 82.3. The molecule has 0 amide bonds. The molecule has 6 heterocycles. The maximum Gasteiger partial charge on any atom is 0.0681 e. The Bertz CT molecular complexity index is 3820.